The number of nitrogens with two attached hydrogens (primary N) is 1. The lowest BCUT2D eigenvalue weighted by molar-refractivity contribution is -0.140. The topological polar surface area (TPSA) is 72.6 Å². The van der Waals surface area contributed by atoms with Crippen molar-refractivity contribution in [2.75, 3.05) is 18.8 Å². The molecule has 1 aliphatic heterocycles. The van der Waals surface area contributed by atoms with Crippen molar-refractivity contribution in [3.63, 3.8) is 0 Å². The zero-order chi connectivity index (χ0) is 15.4. The first-order valence-corrected chi connectivity index (χ1v) is 7.41. The van der Waals surface area contributed by atoms with E-state index < -0.39 is 12.1 Å². The number of ether oxygens (including phenoxy) is 1. The number of amides is 1. The maximum Gasteiger partial charge on any atom is 0.339 e. The van der Waals surface area contributed by atoms with Crippen LogP contribution >= 0.6 is 11.6 Å². The Kier molecular flexibility index (Phi) is 5.07. The number of esters is 1. The van der Waals surface area contributed by atoms with E-state index in [1.54, 1.807) is 17.9 Å². The van der Waals surface area contributed by atoms with Gasteiger partial charge in [-0.05, 0) is 44.4 Å². The highest BCUT2D eigenvalue weighted by molar-refractivity contribution is 6.31. The third-order valence-corrected chi connectivity index (χ3v) is 3.67. The molecule has 1 unspecified atom stereocenters. The smallest absolute Gasteiger partial charge is 0.339 e. The molecule has 21 heavy (non-hydrogen) atoms. The normalized spacial score (nSPS) is 16.4. The first-order valence-electron chi connectivity index (χ1n) is 7.03. The summed E-state index contributed by atoms with van der Waals surface area (Å²) in [7, 11) is 0. The van der Waals surface area contributed by atoms with Crippen LogP contribution in [0, 0.1) is 0 Å². The Labute approximate surface area is 129 Å². The number of benzene rings is 1. The van der Waals surface area contributed by atoms with Gasteiger partial charge in [0, 0.05) is 23.8 Å². The van der Waals surface area contributed by atoms with Crippen molar-refractivity contribution >= 4 is 29.2 Å². The number of anilines is 1. The van der Waals surface area contributed by atoms with Crippen molar-refractivity contribution in [3.8, 4) is 0 Å². The largest absolute Gasteiger partial charge is 0.449 e. The van der Waals surface area contributed by atoms with Gasteiger partial charge in [-0.15, -0.1) is 0 Å². The van der Waals surface area contributed by atoms with Gasteiger partial charge in [-0.1, -0.05) is 11.6 Å². The molecule has 0 aromatic heterocycles. The second-order valence-electron chi connectivity index (χ2n) is 5.21. The molecule has 1 saturated heterocycles. The Morgan fingerprint density at radius 1 is 1.24 bits per heavy atom. The van der Waals surface area contributed by atoms with Crippen LogP contribution < -0.4 is 5.73 Å². The van der Waals surface area contributed by atoms with Gasteiger partial charge in [0.25, 0.3) is 5.91 Å². The summed E-state index contributed by atoms with van der Waals surface area (Å²) in [5.41, 5.74) is 6.26. The highest BCUT2D eigenvalue weighted by atomic mass is 35.5. The zero-order valence-corrected chi connectivity index (χ0v) is 12.7. The van der Waals surface area contributed by atoms with E-state index in [1.165, 1.54) is 12.1 Å². The van der Waals surface area contributed by atoms with Crippen molar-refractivity contribution in [1.82, 2.24) is 4.90 Å². The second kappa shape index (κ2) is 6.80. The minimum absolute atomic E-state index is 0.155. The summed E-state index contributed by atoms with van der Waals surface area (Å²) in [6.07, 6.45) is 2.32. The summed E-state index contributed by atoms with van der Waals surface area (Å²) in [4.78, 5) is 26.0. The quantitative estimate of drug-likeness (QED) is 0.687. The summed E-state index contributed by atoms with van der Waals surface area (Å²) >= 11 is 5.85. The van der Waals surface area contributed by atoms with E-state index in [-0.39, 0.29) is 11.5 Å². The summed E-state index contributed by atoms with van der Waals surface area (Å²) in [6.45, 7) is 3.04. The molecule has 1 fully saturated rings. The number of nitrogen functional groups attached to an aromatic ring is 1. The van der Waals surface area contributed by atoms with Crippen molar-refractivity contribution < 1.29 is 14.3 Å². The van der Waals surface area contributed by atoms with Gasteiger partial charge in [-0.25, -0.2) is 4.79 Å². The molecular weight excluding hydrogens is 292 g/mol. The van der Waals surface area contributed by atoms with Crippen molar-refractivity contribution in [3.05, 3.63) is 28.8 Å². The van der Waals surface area contributed by atoms with Gasteiger partial charge in [-0.3, -0.25) is 4.79 Å². The van der Waals surface area contributed by atoms with Crippen LogP contribution in [0.25, 0.3) is 0 Å². The third-order valence-electron chi connectivity index (χ3n) is 3.46. The molecule has 1 aromatic carbocycles. The first kappa shape index (κ1) is 15.6. The SMILES string of the molecule is CC(OC(=O)c1cc(N)cc(Cl)c1)C(=O)N1CCCCC1. The Morgan fingerprint density at radius 3 is 2.52 bits per heavy atom. The van der Waals surface area contributed by atoms with Crippen molar-refractivity contribution in [2.45, 2.75) is 32.3 Å². The lowest BCUT2D eigenvalue weighted by Gasteiger charge is -2.28. The van der Waals surface area contributed by atoms with E-state index in [2.05, 4.69) is 0 Å². The molecular formula is C15H19ClN2O3. The summed E-state index contributed by atoms with van der Waals surface area (Å²) in [6, 6.07) is 4.49. The van der Waals surface area contributed by atoms with Crippen LogP contribution in [-0.4, -0.2) is 36.0 Å². The lowest BCUT2D eigenvalue weighted by atomic mass is 10.1. The predicted octanol–water partition coefficient (Wildman–Crippen LogP) is 2.48. The average molecular weight is 311 g/mol. The number of piperidine rings is 1. The molecule has 1 aliphatic rings. The summed E-state index contributed by atoms with van der Waals surface area (Å²) in [5, 5.41) is 0.358. The molecule has 114 valence electrons. The van der Waals surface area contributed by atoms with E-state index in [1.807, 2.05) is 0 Å². The highest BCUT2D eigenvalue weighted by Gasteiger charge is 2.25. The third kappa shape index (κ3) is 4.11. The second-order valence-corrected chi connectivity index (χ2v) is 5.64. The molecule has 2 rings (SSSR count). The highest BCUT2D eigenvalue weighted by Crippen LogP contribution is 2.18. The number of likely N-dealkylation sites (tertiary alicyclic amines) is 1. The van der Waals surface area contributed by atoms with E-state index in [4.69, 9.17) is 22.1 Å². The van der Waals surface area contributed by atoms with Gasteiger partial charge in [0.05, 0.1) is 5.56 Å². The molecule has 0 radical (unpaired) electrons. The lowest BCUT2D eigenvalue weighted by Crippen LogP contribution is -2.42. The van der Waals surface area contributed by atoms with E-state index in [0.717, 1.165) is 32.4 Å². The molecule has 1 heterocycles. The van der Waals surface area contributed by atoms with Crippen LogP contribution in [0.4, 0.5) is 5.69 Å². The number of nitrogens with zero attached hydrogens (tertiary/aromatic N) is 1. The fourth-order valence-corrected chi connectivity index (χ4v) is 2.62. The maximum absolute atomic E-state index is 12.2. The fraction of sp³-hybridized carbons (Fsp3) is 0.467. The molecule has 0 saturated carbocycles. The van der Waals surface area contributed by atoms with E-state index >= 15 is 0 Å². The molecule has 1 atom stereocenters. The van der Waals surface area contributed by atoms with Crippen molar-refractivity contribution in [2.24, 2.45) is 0 Å². The van der Waals surface area contributed by atoms with Gasteiger partial charge in [-0.2, -0.15) is 0 Å². The van der Waals surface area contributed by atoms with E-state index in [0.29, 0.717) is 10.7 Å². The van der Waals surface area contributed by atoms with Gasteiger partial charge in [0.1, 0.15) is 0 Å². The Hall–Kier alpha value is -1.75. The molecule has 5 nitrogen and oxygen atoms in total. The minimum Gasteiger partial charge on any atom is -0.449 e. The van der Waals surface area contributed by atoms with E-state index in [9.17, 15) is 9.59 Å². The Bertz CT molecular complexity index is 521. The Balaban J connectivity index is 1.99. The molecule has 0 aliphatic carbocycles. The molecule has 1 amide bonds. The molecule has 1 aromatic rings. The monoisotopic (exact) mass is 310 g/mol. The van der Waals surface area contributed by atoms with Crippen molar-refractivity contribution in [1.29, 1.82) is 0 Å². The first-order chi connectivity index (χ1) is 9.97. The summed E-state index contributed by atoms with van der Waals surface area (Å²) in [5.74, 6) is -0.750. The van der Waals surface area contributed by atoms with Gasteiger partial charge >= 0.3 is 5.97 Å². The van der Waals surface area contributed by atoms with Crippen LogP contribution in [0.3, 0.4) is 0 Å². The minimum atomic E-state index is -0.809. The summed E-state index contributed by atoms with van der Waals surface area (Å²) < 4.78 is 5.22. The van der Waals surface area contributed by atoms with Crippen LogP contribution in [0.15, 0.2) is 18.2 Å². The van der Waals surface area contributed by atoms with Crippen LogP contribution in [0.2, 0.25) is 5.02 Å². The van der Waals surface area contributed by atoms with Crippen LogP contribution in [0.1, 0.15) is 36.5 Å². The average Bonchev–Trinajstić information content (AvgIpc) is 2.46. The van der Waals surface area contributed by atoms with Gasteiger partial charge < -0.3 is 15.4 Å². The standard InChI is InChI=1S/C15H19ClN2O3/c1-10(14(19)18-5-3-2-4-6-18)21-15(20)11-7-12(16)9-13(17)8-11/h7-10H,2-6,17H2,1H3. The number of carbonyl (C=O) groups is 2. The molecule has 0 spiro atoms. The molecule has 6 heteroatoms. The number of hydrogen-bond acceptors (Lipinski definition) is 4. The van der Waals surface area contributed by atoms with Gasteiger partial charge in [0.2, 0.25) is 0 Å². The fourth-order valence-electron chi connectivity index (χ4n) is 2.38. The van der Waals surface area contributed by atoms with Crippen LogP contribution in [-0.2, 0) is 9.53 Å². The van der Waals surface area contributed by atoms with Gasteiger partial charge in [0.15, 0.2) is 6.10 Å². The molecule has 0 bridgehead atoms. The number of rotatable bonds is 3. The van der Waals surface area contributed by atoms with Crippen LogP contribution in [0.5, 0.6) is 0 Å². The Morgan fingerprint density at radius 2 is 1.90 bits per heavy atom. The molecule has 2 N–H and O–H groups in total. The predicted molar refractivity (Wildman–Crippen MR) is 81.2 cm³/mol. The maximum atomic E-state index is 12.2. The zero-order valence-electron chi connectivity index (χ0n) is 12.0. The number of carbonyl (C=O) groups excluding carboxylic acids is 2. The number of hydrogen-bond donors (Lipinski definition) is 1. The number of halogens is 1.